The van der Waals surface area contributed by atoms with Crippen LogP contribution in [0.3, 0.4) is 0 Å². The molecule has 0 aromatic heterocycles. The Morgan fingerprint density at radius 2 is 0.662 bits per heavy atom. The van der Waals surface area contributed by atoms with Crippen molar-refractivity contribution in [3.05, 3.63) is 181 Å². The topological polar surface area (TPSA) is 246 Å². The predicted molar refractivity (Wildman–Crippen MR) is 255 cm³/mol. The molecule has 0 aliphatic carbocycles. The van der Waals surface area contributed by atoms with Crippen LogP contribution in [0.25, 0.3) is 0 Å². The molecule has 0 atom stereocenters. The van der Waals surface area contributed by atoms with Crippen LogP contribution >= 0.6 is 0 Å². The molecule has 20 heteroatoms. The number of ether oxygens (including phenoxy) is 2. The average Bonchev–Trinajstić information content (AvgIpc) is 3.28. The van der Waals surface area contributed by atoms with Gasteiger partial charge in [-0.2, -0.15) is 16.8 Å². The third-order valence-corrected chi connectivity index (χ3v) is 11.7. The van der Waals surface area contributed by atoms with Crippen LogP contribution in [-0.4, -0.2) is 41.1 Å². The number of rotatable bonds is 14. The van der Waals surface area contributed by atoms with Crippen LogP contribution in [0.2, 0.25) is 0 Å². The molecule has 0 aliphatic rings. The molecular formula is C48H40N6O12S2. The molecule has 7 aromatic rings. The van der Waals surface area contributed by atoms with Crippen molar-refractivity contribution in [2.75, 3.05) is 31.9 Å². The monoisotopic (exact) mass is 956 g/mol. The van der Waals surface area contributed by atoms with Crippen LogP contribution in [0.1, 0.15) is 11.1 Å². The molecule has 6 N–H and O–H groups in total. The van der Waals surface area contributed by atoms with Gasteiger partial charge in [0.25, 0.3) is 0 Å². The average molecular weight is 957 g/mol. The van der Waals surface area contributed by atoms with Gasteiger partial charge in [-0.25, -0.2) is 19.2 Å². The summed E-state index contributed by atoms with van der Waals surface area (Å²) in [4.78, 5) is 49.5. The largest absolute Gasteiger partial charge is 0.417 e. The molecular weight excluding hydrogens is 917 g/mol. The van der Waals surface area contributed by atoms with E-state index in [2.05, 4.69) is 31.9 Å². The summed E-state index contributed by atoms with van der Waals surface area (Å²) in [7, 11) is -9.29. The minimum absolute atomic E-state index is 0.137. The molecule has 0 unspecified atom stereocenters. The molecule has 0 saturated carbocycles. The van der Waals surface area contributed by atoms with Crippen molar-refractivity contribution < 1.29 is 53.9 Å². The summed E-state index contributed by atoms with van der Waals surface area (Å²) in [6.07, 6.45) is -1.47. The van der Waals surface area contributed by atoms with Gasteiger partial charge in [-0.3, -0.25) is 10.6 Å². The lowest BCUT2D eigenvalue weighted by molar-refractivity contribution is 0.214. The van der Waals surface area contributed by atoms with E-state index in [-0.39, 0.29) is 45.7 Å². The molecule has 7 rings (SSSR count). The summed E-state index contributed by atoms with van der Waals surface area (Å²) in [5, 5.41) is 15.5. The van der Waals surface area contributed by atoms with E-state index >= 15 is 0 Å². The fraction of sp³-hybridized carbons (Fsp3) is 0.0417. The normalized spacial score (nSPS) is 11.0. The third kappa shape index (κ3) is 13.6. The molecule has 18 nitrogen and oxygen atoms in total. The molecule has 0 bridgehead atoms. The highest BCUT2D eigenvalue weighted by Gasteiger charge is 2.23. The number of carbonyl (C=O) groups excluding carboxylic acids is 4. The van der Waals surface area contributed by atoms with Crippen LogP contribution < -0.4 is 49.7 Å². The minimum atomic E-state index is -4.65. The molecule has 6 amide bonds. The number of amides is 6. The first-order chi connectivity index (χ1) is 32.5. The predicted octanol–water partition coefficient (Wildman–Crippen LogP) is 10.3. The number of benzene rings is 7. The van der Waals surface area contributed by atoms with Crippen molar-refractivity contribution in [2.45, 2.75) is 23.6 Å². The van der Waals surface area contributed by atoms with Gasteiger partial charge in [0.2, 0.25) is 0 Å². The lowest BCUT2D eigenvalue weighted by atomic mass is 10.2. The number of hydrogen-bond donors (Lipinski definition) is 6. The maximum atomic E-state index is 13.4. The van der Waals surface area contributed by atoms with E-state index in [0.29, 0.717) is 11.4 Å². The van der Waals surface area contributed by atoms with Gasteiger partial charge in [0.1, 0.15) is 32.8 Å². The van der Waals surface area contributed by atoms with Crippen molar-refractivity contribution in [1.29, 1.82) is 0 Å². The second kappa shape index (κ2) is 21.0. The molecule has 7 aromatic carbocycles. The first-order valence-corrected chi connectivity index (χ1v) is 23.0. The summed E-state index contributed by atoms with van der Waals surface area (Å²) >= 11 is 0. The first kappa shape index (κ1) is 47.1. The summed E-state index contributed by atoms with van der Waals surface area (Å²) in [6.45, 7) is 3.83. The molecule has 0 fully saturated rings. The van der Waals surface area contributed by atoms with Gasteiger partial charge >= 0.3 is 44.5 Å². The van der Waals surface area contributed by atoms with Gasteiger partial charge in [0, 0.05) is 58.4 Å². The van der Waals surface area contributed by atoms with Gasteiger partial charge in [0.05, 0.1) is 0 Å². The number of anilines is 6. The molecule has 0 radical (unpaired) electrons. The van der Waals surface area contributed by atoms with Gasteiger partial charge < -0.3 is 39.1 Å². The van der Waals surface area contributed by atoms with E-state index in [9.17, 15) is 36.0 Å². The Balaban J connectivity index is 0.918. The maximum absolute atomic E-state index is 13.4. The highest BCUT2D eigenvalue weighted by atomic mass is 32.2. The highest BCUT2D eigenvalue weighted by Crippen LogP contribution is 2.27. The van der Waals surface area contributed by atoms with Crippen LogP contribution in [-0.2, 0) is 20.2 Å². The zero-order valence-electron chi connectivity index (χ0n) is 35.9. The summed E-state index contributed by atoms with van der Waals surface area (Å²) in [5.41, 5.74) is 3.94. The zero-order valence-corrected chi connectivity index (χ0v) is 37.5. The highest BCUT2D eigenvalue weighted by molar-refractivity contribution is 7.88. The quantitative estimate of drug-likeness (QED) is 0.0558. The first-order valence-electron chi connectivity index (χ1n) is 20.2. The molecule has 0 aliphatic heterocycles. The molecule has 0 saturated heterocycles. The minimum Gasteiger partial charge on any atom is -0.410 e. The second-order valence-electron chi connectivity index (χ2n) is 14.6. The van der Waals surface area contributed by atoms with Gasteiger partial charge in [-0.1, -0.05) is 65.7 Å². The number of hydrogen-bond acceptors (Lipinski definition) is 12. The van der Waals surface area contributed by atoms with Crippen molar-refractivity contribution in [3.63, 3.8) is 0 Å². The van der Waals surface area contributed by atoms with Gasteiger partial charge in [0.15, 0.2) is 0 Å². The van der Waals surface area contributed by atoms with Crippen LogP contribution in [0.15, 0.2) is 180 Å². The van der Waals surface area contributed by atoms with Crippen LogP contribution in [0.4, 0.5) is 53.3 Å². The second-order valence-corrected chi connectivity index (χ2v) is 17.7. The number of nitrogens with one attached hydrogen (secondary N) is 6. The maximum Gasteiger partial charge on any atom is 0.417 e. The van der Waals surface area contributed by atoms with Gasteiger partial charge in [-0.15, -0.1) is 0 Å². The van der Waals surface area contributed by atoms with Gasteiger partial charge in [-0.05, 0) is 105 Å². The van der Waals surface area contributed by atoms with E-state index < -0.39 is 54.3 Å². The Bertz CT molecular complexity index is 3010. The summed E-state index contributed by atoms with van der Waals surface area (Å²) < 4.78 is 74.8. The van der Waals surface area contributed by atoms with Crippen molar-refractivity contribution in [1.82, 2.24) is 0 Å². The summed E-state index contributed by atoms with van der Waals surface area (Å²) in [6, 6.07) is 40.1. The Kier molecular flexibility index (Phi) is 14.5. The molecule has 68 heavy (non-hydrogen) atoms. The number of aryl methyl sites for hydroxylation is 2. The van der Waals surface area contributed by atoms with E-state index in [0.717, 1.165) is 29.3 Å². The molecule has 0 heterocycles. The van der Waals surface area contributed by atoms with E-state index in [1.54, 1.807) is 48.5 Å². The van der Waals surface area contributed by atoms with Crippen molar-refractivity contribution in [2.24, 2.45) is 0 Å². The van der Waals surface area contributed by atoms with Crippen LogP contribution in [0.5, 0.6) is 23.0 Å². The Hall–Kier alpha value is -8.88. The molecule has 346 valence electrons. The van der Waals surface area contributed by atoms with E-state index in [1.807, 2.05) is 38.1 Å². The smallest absolute Gasteiger partial charge is 0.410 e. The lowest BCUT2D eigenvalue weighted by Crippen LogP contribution is -2.20. The van der Waals surface area contributed by atoms with Crippen molar-refractivity contribution >= 4 is 78.6 Å². The Morgan fingerprint density at radius 3 is 1.01 bits per heavy atom. The zero-order chi connectivity index (χ0) is 48.3. The standard InChI is InChI=1S/C48H40N6O12S2/c1-31-18-22-33(23-19-31)53-47(57)63-39-12-3-8-35(26-39)49-45(55)51-37-10-5-14-41(28-37)65-67(59,60)43-16-7-17-44(30-43)68(61,62)66-42-15-6-11-38(29-42)52-46(56)50-36-9-4-13-40(27-36)64-48(58)54-34-24-20-32(2)21-25-34/h3-30H,1-2H3,(H,53,57)(H,54,58)(H2,49,51,55)(H2,50,52,56). The number of urea groups is 2. The fourth-order valence-electron chi connectivity index (χ4n) is 6.02. The van der Waals surface area contributed by atoms with E-state index in [1.165, 1.54) is 78.9 Å². The van der Waals surface area contributed by atoms with E-state index in [4.69, 9.17) is 17.8 Å². The van der Waals surface area contributed by atoms with Crippen LogP contribution in [0, 0.1) is 13.8 Å². The third-order valence-electron chi connectivity index (χ3n) is 9.18. The SMILES string of the molecule is Cc1ccc(NC(=O)Oc2cccc(NC(=O)Nc3cccc(OS(=O)(=O)c4cccc(S(=O)(=O)Oc5cccc(NC(=O)Nc6cccc(OC(=O)Nc7ccc(C)cc7)c6)c5)c4)c3)c2)cc1. The summed E-state index contributed by atoms with van der Waals surface area (Å²) in [5.74, 6) is -0.123. The van der Waals surface area contributed by atoms with Crippen molar-refractivity contribution in [3.8, 4) is 23.0 Å². The number of carbonyl (C=O) groups is 4. The Morgan fingerprint density at radius 1 is 0.353 bits per heavy atom. The lowest BCUT2D eigenvalue weighted by Gasteiger charge is -2.12. The molecule has 0 spiro atoms. The Labute approximate surface area is 390 Å². The fourth-order valence-corrected chi connectivity index (χ4v) is 8.04.